The molecule has 2 atom stereocenters. The van der Waals surface area contributed by atoms with E-state index in [0.29, 0.717) is 5.56 Å². The van der Waals surface area contributed by atoms with Gasteiger partial charge in [0.15, 0.2) is 0 Å². The van der Waals surface area contributed by atoms with E-state index in [2.05, 4.69) is 10.1 Å². The number of nitrogens with two attached hydrogens (primary N) is 1. The van der Waals surface area contributed by atoms with E-state index in [4.69, 9.17) is 5.73 Å². The number of carbonyl (C=O) groups is 2. The molecule has 0 heterocycles. The summed E-state index contributed by atoms with van der Waals surface area (Å²) in [7, 11) is 1.27. The Morgan fingerprint density at radius 1 is 1.35 bits per heavy atom. The Kier molecular flexibility index (Phi) is 6.11. The standard InChI is InChI=1S/C14H19FN2O3/c1-9(8-16)14(19)17-12(7-13(18)20-2)10-3-5-11(15)6-4-10/h3-6,9,12H,7-8,16H2,1-2H3,(H,17,19). The van der Waals surface area contributed by atoms with E-state index in [9.17, 15) is 14.0 Å². The normalized spacial score (nSPS) is 13.4. The maximum absolute atomic E-state index is 12.9. The van der Waals surface area contributed by atoms with Crippen LogP contribution in [0.5, 0.6) is 0 Å². The van der Waals surface area contributed by atoms with Crippen LogP contribution in [0.25, 0.3) is 0 Å². The first-order chi connectivity index (χ1) is 9.47. The number of methoxy groups -OCH3 is 1. The van der Waals surface area contributed by atoms with Crippen molar-refractivity contribution in [1.82, 2.24) is 5.32 Å². The molecule has 0 aromatic heterocycles. The second kappa shape index (κ2) is 7.59. The highest BCUT2D eigenvalue weighted by Crippen LogP contribution is 2.18. The number of rotatable bonds is 6. The van der Waals surface area contributed by atoms with Gasteiger partial charge in [-0.05, 0) is 17.7 Å². The lowest BCUT2D eigenvalue weighted by Gasteiger charge is -2.20. The molecule has 0 spiro atoms. The van der Waals surface area contributed by atoms with Crippen molar-refractivity contribution in [3.05, 3.63) is 35.6 Å². The van der Waals surface area contributed by atoms with E-state index in [-0.39, 0.29) is 30.6 Å². The zero-order valence-electron chi connectivity index (χ0n) is 11.6. The lowest BCUT2D eigenvalue weighted by molar-refractivity contribution is -0.141. The molecule has 0 aliphatic rings. The number of nitrogens with one attached hydrogen (secondary N) is 1. The summed E-state index contributed by atoms with van der Waals surface area (Å²) in [5, 5.41) is 2.73. The fraction of sp³-hybridized carbons (Fsp3) is 0.429. The van der Waals surface area contributed by atoms with Gasteiger partial charge in [-0.25, -0.2) is 4.39 Å². The quantitative estimate of drug-likeness (QED) is 0.767. The minimum atomic E-state index is -0.565. The highest BCUT2D eigenvalue weighted by atomic mass is 19.1. The summed E-state index contributed by atoms with van der Waals surface area (Å²) >= 11 is 0. The van der Waals surface area contributed by atoms with Crippen LogP contribution in [-0.4, -0.2) is 25.5 Å². The Morgan fingerprint density at radius 3 is 2.45 bits per heavy atom. The third-order valence-electron chi connectivity index (χ3n) is 2.99. The highest BCUT2D eigenvalue weighted by molar-refractivity contribution is 5.80. The number of esters is 1. The summed E-state index contributed by atoms with van der Waals surface area (Å²) in [6.07, 6.45) is -0.0227. The van der Waals surface area contributed by atoms with Crippen LogP contribution in [0, 0.1) is 11.7 Å². The molecule has 0 aliphatic heterocycles. The molecule has 20 heavy (non-hydrogen) atoms. The smallest absolute Gasteiger partial charge is 0.307 e. The van der Waals surface area contributed by atoms with E-state index in [1.54, 1.807) is 6.92 Å². The molecule has 110 valence electrons. The molecule has 5 nitrogen and oxygen atoms in total. The second-order valence-corrected chi connectivity index (χ2v) is 4.53. The van der Waals surface area contributed by atoms with E-state index in [0.717, 1.165) is 0 Å². The molecule has 0 saturated carbocycles. The monoisotopic (exact) mass is 282 g/mol. The van der Waals surface area contributed by atoms with Crippen LogP contribution >= 0.6 is 0 Å². The van der Waals surface area contributed by atoms with Crippen molar-refractivity contribution < 1.29 is 18.7 Å². The van der Waals surface area contributed by atoms with Gasteiger partial charge in [0.1, 0.15) is 5.82 Å². The van der Waals surface area contributed by atoms with Crippen LogP contribution < -0.4 is 11.1 Å². The summed E-state index contributed by atoms with van der Waals surface area (Å²) in [6.45, 7) is 1.90. The molecule has 6 heteroatoms. The fourth-order valence-corrected chi connectivity index (χ4v) is 1.62. The van der Waals surface area contributed by atoms with Crippen LogP contribution in [0.4, 0.5) is 4.39 Å². The maximum atomic E-state index is 12.9. The van der Waals surface area contributed by atoms with Gasteiger partial charge >= 0.3 is 5.97 Å². The van der Waals surface area contributed by atoms with Gasteiger partial charge in [-0.1, -0.05) is 19.1 Å². The van der Waals surface area contributed by atoms with Gasteiger partial charge in [-0.15, -0.1) is 0 Å². The molecule has 0 aliphatic carbocycles. The van der Waals surface area contributed by atoms with Gasteiger partial charge in [0.2, 0.25) is 5.91 Å². The van der Waals surface area contributed by atoms with Crippen molar-refractivity contribution in [3.63, 3.8) is 0 Å². The number of halogens is 1. The molecule has 3 N–H and O–H groups in total. The molecule has 1 rings (SSSR count). The van der Waals surface area contributed by atoms with E-state index in [1.165, 1.54) is 31.4 Å². The van der Waals surface area contributed by atoms with Crippen LogP contribution in [0.1, 0.15) is 24.9 Å². The van der Waals surface area contributed by atoms with Gasteiger partial charge in [0.25, 0.3) is 0 Å². The zero-order valence-corrected chi connectivity index (χ0v) is 11.6. The molecule has 2 unspecified atom stereocenters. The number of amides is 1. The molecule has 1 amide bonds. The Balaban J connectivity index is 2.87. The third kappa shape index (κ3) is 4.62. The van der Waals surface area contributed by atoms with Crippen molar-refractivity contribution >= 4 is 11.9 Å². The van der Waals surface area contributed by atoms with Crippen molar-refractivity contribution in [3.8, 4) is 0 Å². The molecular formula is C14H19FN2O3. The molecule has 0 fully saturated rings. The van der Waals surface area contributed by atoms with Crippen molar-refractivity contribution in [2.75, 3.05) is 13.7 Å². The minimum Gasteiger partial charge on any atom is -0.469 e. The Bertz CT molecular complexity index is 462. The molecule has 1 aromatic rings. The number of ether oxygens (including phenoxy) is 1. The first kappa shape index (κ1) is 16.1. The van der Waals surface area contributed by atoms with Crippen molar-refractivity contribution in [1.29, 1.82) is 0 Å². The topological polar surface area (TPSA) is 81.4 Å². The number of hydrogen-bond donors (Lipinski definition) is 2. The van der Waals surface area contributed by atoms with E-state index >= 15 is 0 Å². The molecule has 1 aromatic carbocycles. The lowest BCUT2D eigenvalue weighted by atomic mass is 10.0. The molecule has 0 radical (unpaired) electrons. The minimum absolute atomic E-state index is 0.0227. The lowest BCUT2D eigenvalue weighted by Crippen LogP contribution is -2.36. The van der Waals surface area contributed by atoms with Gasteiger partial charge < -0.3 is 15.8 Å². The average Bonchev–Trinajstić information content (AvgIpc) is 2.46. The van der Waals surface area contributed by atoms with Crippen LogP contribution in [0.2, 0.25) is 0 Å². The van der Waals surface area contributed by atoms with Crippen molar-refractivity contribution in [2.24, 2.45) is 11.7 Å². The van der Waals surface area contributed by atoms with Crippen molar-refractivity contribution in [2.45, 2.75) is 19.4 Å². The predicted molar refractivity (Wildman–Crippen MR) is 72.1 cm³/mol. The summed E-state index contributed by atoms with van der Waals surface area (Å²) in [5.74, 6) is -1.46. The maximum Gasteiger partial charge on any atom is 0.307 e. The first-order valence-electron chi connectivity index (χ1n) is 6.30. The van der Waals surface area contributed by atoms with Gasteiger partial charge in [0.05, 0.1) is 19.6 Å². The first-order valence-corrected chi connectivity index (χ1v) is 6.30. The summed E-state index contributed by atoms with van der Waals surface area (Å²) in [6, 6.07) is 5.03. The predicted octanol–water partition coefficient (Wildman–Crippen LogP) is 1.14. The number of hydrogen-bond acceptors (Lipinski definition) is 4. The van der Waals surface area contributed by atoms with Gasteiger partial charge in [0, 0.05) is 12.5 Å². The summed E-state index contributed by atoms with van der Waals surface area (Å²) < 4.78 is 17.5. The van der Waals surface area contributed by atoms with Crippen LogP contribution in [0.3, 0.4) is 0 Å². The van der Waals surface area contributed by atoms with Gasteiger partial charge in [-0.3, -0.25) is 9.59 Å². The SMILES string of the molecule is COC(=O)CC(NC(=O)C(C)CN)c1ccc(F)cc1. The molecule has 0 saturated heterocycles. The largest absolute Gasteiger partial charge is 0.469 e. The number of carbonyl (C=O) groups excluding carboxylic acids is 2. The third-order valence-corrected chi connectivity index (χ3v) is 2.99. The summed E-state index contributed by atoms with van der Waals surface area (Å²) in [4.78, 5) is 23.3. The van der Waals surface area contributed by atoms with Crippen LogP contribution in [0.15, 0.2) is 24.3 Å². The number of benzene rings is 1. The molecule has 0 bridgehead atoms. The zero-order chi connectivity index (χ0) is 15.1. The second-order valence-electron chi connectivity index (χ2n) is 4.53. The molecular weight excluding hydrogens is 263 g/mol. The Morgan fingerprint density at radius 2 is 1.95 bits per heavy atom. The van der Waals surface area contributed by atoms with E-state index in [1.807, 2.05) is 0 Å². The van der Waals surface area contributed by atoms with Crippen LogP contribution in [-0.2, 0) is 14.3 Å². The van der Waals surface area contributed by atoms with Gasteiger partial charge in [-0.2, -0.15) is 0 Å². The fourth-order valence-electron chi connectivity index (χ4n) is 1.62. The highest BCUT2D eigenvalue weighted by Gasteiger charge is 2.21. The van der Waals surface area contributed by atoms with E-state index < -0.39 is 12.0 Å². The Labute approximate surface area is 117 Å². The average molecular weight is 282 g/mol. The Hall–Kier alpha value is -1.95. The summed E-state index contributed by atoms with van der Waals surface area (Å²) in [5.41, 5.74) is 6.07.